The molecule has 3 nitrogen and oxygen atoms in total. The summed E-state index contributed by atoms with van der Waals surface area (Å²) in [5.41, 5.74) is 0.593. The minimum absolute atomic E-state index is 0.0577. The molecule has 0 atom stereocenters. The molecule has 4 heteroatoms. The van der Waals surface area contributed by atoms with Crippen LogP contribution < -0.4 is 0 Å². The fourth-order valence-corrected chi connectivity index (χ4v) is 2.19. The Labute approximate surface area is 120 Å². The van der Waals surface area contributed by atoms with Crippen molar-refractivity contribution in [3.8, 4) is 0 Å². The quantitative estimate of drug-likeness (QED) is 0.687. The Morgan fingerprint density at radius 1 is 1.37 bits per heavy atom. The first-order chi connectivity index (χ1) is 9.04. The van der Waals surface area contributed by atoms with E-state index < -0.39 is 0 Å². The highest BCUT2D eigenvalue weighted by Crippen LogP contribution is 2.16. The van der Waals surface area contributed by atoms with Gasteiger partial charge in [0, 0.05) is 25.8 Å². The fourth-order valence-electron chi connectivity index (χ4n) is 1.95. The highest BCUT2D eigenvalue weighted by molar-refractivity contribution is 6.34. The van der Waals surface area contributed by atoms with Gasteiger partial charge in [0.15, 0.2) is 5.78 Å². The van der Waals surface area contributed by atoms with Gasteiger partial charge >= 0.3 is 0 Å². The first kappa shape index (κ1) is 16.2. The van der Waals surface area contributed by atoms with Gasteiger partial charge in [0.1, 0.15) is 0 Å². The molecule has 1 aromatic rings. The zero-order valence-electron chi connectivity index (χ0n) is 11.9. The van der Waals surface area contributed by atoms with Crippen molar-refractivity contribution in [2.75, 3.05) is 33.4 Å². The van der Waals surface area contributed by atoms with Crippen molar-refractivity contribution in [2.24, 2.45) is 5.92 Å². The summed E-state index contributed by atoms with van der Waals surface area (Å²) in [4.78, 5) is 14.4. The third kappa shape index (κ3) is 5.72. The van der Waals surface area contributed by atoms with E-state index in [0.717, 1.165) is 13.1 Å². The zero-order chi connectivity index (χ0) is 14.3. The van der Waals surface area contributed by atoms with E-state index in [-0.39, 0.29) is 5.78 Å². The van der Waals surface area contributed by atoms with Gasteiger partial charge in [-0.25, -0.2) is 0 Å². The number of hydrogen-bond donors (Lipinski definition) is 0. The maximum Gasteiger partial charge on any atom is 0.178 e. The summed E-state index contributed by atoms with van der Waals surface area (Å²) < 4.78 is 5.09. The van der Waals surface area contributed by atoms with Crippen LogP contribution >= 0.6 is 11.6 Å². The summed E-state index contributed by atoms with van der Waals surface area (Å²) in [7, 11) is 1.67. The molecular formula is C15H22ClNO2. The minimum Gasteiger partial charge on any atom is -0.383 e. The summed E-state index contributed by atoms with van der Waals surface area (Å²) in [6, 6.07) is 7.18. The molecule has 0 aliphatic rings. The molecular weight excluding hydrogens is 262 g/mol. The van der Waals surface area contributed by atoms with Crippen molar-refractivity contribution in [1.82, 2.24) is 4.90 Å². The summed E-state index contributed by atoms with van der Waals surface area (Å²) in [6.07, 6.45) is 0. The maximum absolute atomic E-state index is 12.3. The number of carbonyl (C=O) groups is 1. The fraction of sp³-hybridized carbons (Fsp3) is 0.533. The van der Waals surface area contributed by atoms with E-state index in [4.69, 9.17) is 16.3 Å². The van der Waals surface area contributed by atoms with Crippen molar-refractivity contribution < 1.29 is 9.53 Å². The Morgan fingerprint density at radius 3 is 2.63 bits per heavy atom. The van der Waals surface area contributed by atoms with Gasteiger partial charge in [-0.2, -0.15) is 0 Å². The largest absolute Gasteiger partial charge is 0.383 e. The second-order valence-corrected chi connectivity index (χ2v) is 5.43. The van der Waals surface area contributed by atoms with E-state index in [9.17, 15) is 4.79 Å². The predicted octanol–water partition coefficient (Wildman–Crippen LogP) is 3.13. The van der Waals surface area contributed by atoms with Crippen LogP contribution in [-0.4, -0.2) is 44.0 Å². The van der Waals surface area contributed by atoms with E-state index in [0.29, 0.717) is 29.7 Å². The van der Waals surface area contributed by atoms with Crippen LogP contribution in [-0.2, 0) is 4.74 Å². The van der Waals surface area contributed by atoms with Crippen LogP contribution in [0.2, 0.25) is 5.02 Å². The number of benzene rings is 1. The first-order valence-electron chi connectivity index (χ1n) is 6.53. The highest BCUT2D eigenvalue weighted by atomic mass is 35.5. The van der Waals surface area contributed by atoms with Gasteiger partial charge in [-0.3, -0.25) is 9.69 Å². The van der Waals surface area contributed by atoms with Crippen LogP contribution in [0.15, 0.2) is 24.3 Å². The van der Waals surface area contributed by atoms with Gasteiger partial charge in [0.05, 0.1) is 18.2 Å². The Kier molecular flexibility index (Phi) is 7.06. The van der Waals surface area contributed by atoms with Gasteiger partial charge in [-0.05, 0) is 18.1 Å². The second-order valence-electron chi connectivity index (χ2n) is 5.02. The predicted molar refractivity (Wildman–Crippen MR) is 78.9 cm³/mol. The molecule has 1 aromatic carbocycles. The average Bonchev–Trinajstić information content (AvgIpc) is 2.35. The lowest BCUT2D eigenvalue weighted by molar-refractivity contribution is 0.0881. The monoisotopic (exact) mass is 283 g/mol. The van der Waals surface area contributed by atoms with Crippen LogP contribution in [0.25, 0.3) is 0 Å². The van der Waals surface area contributed by atoms with Gasteiger partial charge in [0.2, 0.25) is 0 Å². The lowest BCUT2D eigenvalue weighted by atomic mass is 10.1. The molecule has 0 aliphatic carbocycles. The topological polar surface area (TPSA) is 29.5 Å². The second kappa shape index (κ2) is 8.31. The summed E-state index contributed by atoms with van der Waals surface area (Å²) in [6.45, 7) is 6.91. The molecule has 0 aromatic heterocycles. The molecule has 0 aliphatic heterocycles. The molecule has 0 heterocycles. The number of methoxy groups -OCH3 is 1. The van der Waals surface area contributed by atoms with E-state index in [1.165, 1.54) is 0 Å². The van der Waals surface area contributed by atoms with Crippen molar-refractivity contribution in [2.45, 2.75) is 13.8 Å². The SMILES string of the molecule is COCCN(CC(=O)c1ccccc1Cl)CC(C)C. The van der Waals surface area contributed by atoms with Crippen LogP contribution in [0.5, 0.6) is 0 Å². The molecule has 0 saturated carbocycles. The molecule has 0 radical (unpaired) electrons. The Morgan fingerprint density at radius 2 is 2.05 bits per heavy atom. The number of hydrogen-bond acceptors (Lipinski definition) is 3. The summed E-state index contributed by atoms with van der Waals surface area (Å²) >= 11 is 6.05. The summed E-state index contributed by atoms with van der Waals surface area (Å²) in [5, 5.41) is 0.517. The van der Waals surface area contributed by atoms with E-state index >= 15 is 0 Å². The number of rotatable bonds is 8. The minimum atomic E-state index is 0.0577. The number of nitrogens with zero attached hydrogens (tertiary/aromatic N) is 1. The van der Waals surface area contributed by atoms with Crippen LogP contribution in [0.4, 0.5) is 0 Å². The molecule has 0 saturated heterocycles. The summed E-state index contributed by atoms with van der Waals surface area (Å²) in [5.74, 6) is 0.568. The Bertz CT molecular complexity index is 407. The van der Waals surface area contributed by atoms with Crippen molar-refractivity contribution in [1.29, 1.82) is 0 Å². The number of carbonyl (C=O) groups excluding carboxylic acids is 1. The number of ether oxygens (including phenoxy) is 1. The van der Waals surface area contributed by atoms with E-state index in [2.05, 4.69) is 18.7 Å². The van der Waals surface area contributed by atoms with Crippen molar-refractivity contribution >= 4 is 17.4 Å². The van der Waals surface area contributed by atoms with Crippen LogP contribution in [0.3, 0.4) is 0 Å². The molecule has 1 rings (SSSR count). The molecule has 0 spiro atoms. The first-order valence-corrected chi connectivity index (χ1v) is 6.91. The van der Waals surface area contributed by atoms with E-state index in [1.807, 2.05) is 12.1 Å². The zero-order valence-corrected chi connectivity index (χ0v) is 12.6. The lowest BCUT2D eigenvalue weighted by Crippen LogP contribution is -2.35. The normalized spacial score (nSPS) is 11.3. The molecule has 19 heavy (non-hydrogen) atoms. The Balaban J connectivity index is 2.67. The standard InChI is InChI=1S/C15H22ClNO2/c1-12(2)10-17(8-9-19-3)11-15(18)13-6-4-5-7-14(13)16/h4-7,12H,8-11H2,1-3H3. The van der Waals surface area contributed by atoms with Crippen LogP contribution in [0, 0.1) is 5.92 Å². The molecule has 106 valence electrons. The lowest BCUT2D eigenvalue weighted by Gasteiger charge is -2.23. The third-order valence-corrected chi connectivity index (χ3v) is 3.11. The average molecular weight is 284 g/mol. The van der Waals surface area contributed by atoms with Gasteiger partial charge < -0.3 is 4.74 Å². The molecule has 0 fully saturated rings. The smallest absolute Gasteiger partial charge is 0.178 e. The molecule has 0 N–H and O–H groups in total. The molecule has 0 bridgehead atoms. The van der Waals surface area contributed by atoms with Crippen molar-refractivity contribution in [3.63, 3.8) is 0 Å². The number of Topliss-reactive ketones (excluding diaryl/α,β-unsaturated/α-hetero) is 1. The van der Waals surface area contributed by atoms with E-state index in [1.54, 1.807) is 19.2 Å². The molecule has 0 amide bonds. The van der Waals surface area contributed by atoms with Gasteiger partial charge in [-0.15, -0.1) is 0 Å². The molecule has 0 unspecified atom stereocenters. The maximum atomic E-state index is 12.3. The Hall–Kier alpha value is -0.900. The number of halogens is 1. The van der Waals surface area contributed by atoms with Gasteiger partial charge in [0.25, 0.3) is 0 Å². The highest BCUT2D eigenvalue weighted by Gasteiger charge is 2.15. The van der Waals surface area contributed by atoms with Crippen molar-refractivity contribution in [3.05, 3.63) is 34.9 Å². The van der Waals surface area contributed by atoms with Crippen LogP contribution in [0.1, 0.15) is 24.2 Å². The number of ketones is 1. The van der Waals surface area contributed by atoms with Gasteiger partial charge in [-0.1, -0.05) is 37.6 Å². The third-order valence-electron chi connectivity index (χ3n) is 2.78.